The Morgan fingerprint density at radius 3 is 2.43 bits per heavy atom. The third kappa shape index (κ3) is 5.08. The van der Waals surface area contributed by atoms with Crippen LogP contribution in [0.2, 0.25) is 5.02 Å². The molecule has 0 aliphatic carbocycles. The van der Waals surface area contributed by atoms with Crippen LogP contribution < -0.4 is 9.64 Å². The lowest BCUT2D eigenvalue weighted by Crippen LogP contribution is -2.29. The summed E-state index contributed by atoms with van der Waals surface area (Å²) in [6.45, 7) is 5.36. The van der Waals surface area contributed by atoms with E-state index >= 15 is 0 Å². The second-order valence-electron chi connectivity index (χ2n) is 8.93. The smallest absolute Gasteiger partial charge is 0.338 e. The molecule has 1 aliphatic rings. The van der Waals surface area contributed by atoms with Gasteiger partial charge in [-0.25, -0.2) is 4.79 Å². The quantitative estimate of drug-likeness (QED) is 0.190. The normalized spacial score (nSPS) is 16.8. The zero-order chi connectivity index (χ0) is 26.9. The average molecular weight is 520 g/mol. The summed E-state index contributed by atoms with van der Waals surface area (Å²) < 4.78 is 10.7. The second kappa shape index (κ2) is 10.5. The Balaban J connectivity index is 1.94. The molecular weight excluding hydrogens is 494 g/mol. The van der Waals surface area contributed by atoms with Gasteiger partial charge in [0.05, 0.1) is 36.0 Å². The van der Waals surface area contributed by atoms with E-state index in [4.69, 9.17) is 21.1 Å². The third-order valence-electron chi connectivity index (χ3n) is 5.92. The van der Waals surface area contributed by atoms with Crippen LogP contribution in [-0.2, 0) is 14.3 Å². The van der Waals surface area contributed by atoms with Gasteiger partial charge in [0.25, 0.3) is 11.7 Å². The van der Waals surface area contributed by atoms with Crippen molar-refractivity contribution in [3.8, 4) is 5.75 Å². The maximum atomic E-state index is 13.5. The number of ketones is 1. The number of aryl methyl sites for hydroxylation is 1. The first kappa shape index (κ1) is 26.0. The van der Waals surface area contributed by atoms with Crippen molar-refractivity contribution in [2.75, 3.05) is 12.0 Å². The van der Waals surface area contributed by atoms with E-state index < -0.39 is 29.5 Å². The number of hydrogen-bond acceptors (Lipinski definition) is 6. The number of anilines is 1. The highest BCUT2D eigenvalue weighted by Crippen LogP contribution is 2.44. The molecule has 0 saturated carbocycles. The Morgan fingerprint density at radius 2 is 1.76 bits per heavy atom. The van der Waals surface area contributed by atoms with E-state index in [0.717, 1.165) is 5.56 Å². The molecule has 3 aromatic carbocycles. The van der Waals surface area contributed by atoms with Crippen LogP contribution in [0.4, 0.5) is 5.69 Å². The molecule has 0 bridgehead atoms. The van der Waals surface area contributed by atoms with Crippen molar-refractivity contribution in [2.45, 2.75) is 32.9 Å². The van der Waals surface area contributed by atoms with Crippen LogP contribution in [0.5, 0.6) is 5.75 Å². The lowest BCUT2D eigenvalue weighted by molar-refractivity contribution is -0.132. The number of Topliss-reactive ketones (excluding diaryl/α,β-unsaturated/α-hetero) is 1. The average Bonchev–Trinajstić information content (AvgIpc) is 3.13. The fourth-order valence-electron chi connectivity index (χ4n) is 4.33. The minimum absolute atomic E-state index is 0.119. The molecule has 0 radical (unpaired) electrons. The largest absolute Gasteiger partial charge is 0.507 e. The summed E-state index contributed by atoms with van der Waals surface area (Å²) in [5.74, 6) is -2.40. The molecule has 1 fully saturated rings. The molecule has 1 amide bonds. The summed E-state index contributed by atoms with van der Waals surface area (Å²) in [7, 11) is 1.43. The topological polar surface area (TPSA) is 93.1 Å². The number of amides is 1. The Kier molecular flexibility index (Phi) is 7.36. The highest BCUT2D eigenvalue weighted by atomic mass is 35.5. The Morgan fingerprint density at radius 1 is 1.03 bits per heavy atom. The number of ether oxygens (including phenoxy) is 2. The lowest BCUT2D eigenvalue weighted by Gasteiger charge is -2.26. The van der Waals surface area contributed by atoms with Crippen molar-refractivity contribution in [3.63, 3.8) is 0 Å². The molecule has 1 atom stereocenters. The van der Waals surface area contributed by atoms with E-state index in [9.17, 15) is 19.5 Å². The van der Waals surface area contributed by atoms with Crippen molar-refractivity contribution in [3.05, 3.63) is 99.6 Å². The highest BCUT2D eigenvalue weighted by Gasteiger charge is 2.47. The minimum Gasteiger partial charge on any atom is -0.507 e. The van der Waals surface area contributed by atoms with E-state index in [0.29, 0.717) is 16.3 Å². The number of halogens is 1. The molecule has 1 aliphatic heterocycles. The number of rotatable bonds is 6. The third-order valence-corrected chi connectivity index (χ3v) is 6.16. The van der Waals surface area contributed by atoms with Crippen molar-refractivity contribution < 1.29 is 29.0 Å². The molecular formula is C29H26ClNO6. The Bertz CT molecular complexity index is 1430. The van der Waals surface area contributed by atoms with Gasteiger partial charge >= 0.3 is 5.97 Å². The monoisotopic (exact) mass is 519 g/mol. The molecule has 8 heteroatoms. The van der Waals surface area contributed by atoms with Gasteiger partial charge in [-0.2, -0.15) is 0 Å². The number of hydrogen-bond donors (Lipinski definition) is 1. The number of benzene rings is 3. The zero-order valence-corrected chi connectivity index (χ0v) is 21.6. The molecule has 1 heterocycles. The molecule has 1 saturated heterocycles. The van der Waals surface area contributed by atoms with Gasteiger partial charge in [-0.15, -0.1) is 0 Å². The summed E-state index contributed by atoms with van der Waals surface area (Å²) >= 11 is 6.18. The number of esters is 1. The summed E-state index contributed by atoms with van der Waals surface area (Å²) in [6.07, 6.45) is -0.328. The minimum atomic E-state index is -0.972. The van der Waals surface area contributed by atoms with Gasteiger partial charge < -0.3 is 14.6 Å². The van der Waals surface area contributed by atoms with Crippen LogP contribution in [-0.4, -0.2) is 36.0 Å². The molecule has 0 spiro atoms. The van der Waals surface area contributed by atoms with E-state index in [1.165, 1.54) is 24.1 Å². The first-order valence-corrected chi connectivity index (χ1v) is 12.0. The lowest BCUT2D eigenvalue weighted by atomic mass is 9.94. The van der Waals surface area contributed by atoms with Crippen LogP contribution >= 0.6 is 11.6 Å². The maximum Gasteiger partial charge on any atom is 0.338 e. The van der Waals surface area contributed by atoms with Gasteiger partial charge in [0.15, 0.2) is 0 Å². The van der Waals surface area contributed by atoms with Crippen molar-refractivity contribution >= 4 is 40.7 Å². The van der Waals surface area contributed by atoms with Gasteiger partial charge in [-0.1, -0.05) is 47.5 Å². The van der Waals surface area contributed by atoms with Crippen LogP contribution in [0.3, 0.4) is 0 Å². The van der Waals surface area contributed by atoms with Crippen LogP contribution in [0.15, 0.2) is 72.3 Å². The fraction of sp³-hybridized carbons (Fsp3) is 0.207. The molecule has 1 unspecified atom stereocenters. The summed E-state index contributed by atoms with van der Waals surface area (Å²) in [5.41, 5.74) is 2.11. The fourth-order valence-corrected chi connectivity index (χ4v) is 4.50. The number of aliphatic hydroxyl groups excluding tert-OH is 1. The molecule has 0 aromatic heterocycles. The number of carbonyl (C=O) groups excluding carboxylic acids is 3. The van der Waals surface area contributed by atoms with Gasteiger partial charge in [0.2, 0.25) is 0 Å². The van der Waals surface area contributed by atoms with Crippen LogP contribution in [0.25, 0.3) is 5.76 Å². The van der Waals surface area contributed by atoms with E-state index in [1.807, 2.05) is 19.1 Å². The van der Waals surface area contributed by atoms with Crippen molar-refractivity contribution in [1.82, 2.24) is 0 Å². The van der Waals surface area contributed by atoms with E-state index in [2.05, 4.69) is 0 Å². The van der Waals surface area contributed by atoms with Crippen molar-refractivity contribution in [1.29, 1.82) is 0 Å². The van der Waals surface area contributed by atoms with Crippen LogP contribution in [0.1, 0.15) is 46.9 Å². The van der Waals surface area contributed by atoms with Gasteiger partial charge in [-0.05, 0) is 62.7 Å². The highest BCUT2D eigenvalue weighted by molar-refractivity contribution is 6.51. The predicted octanol–water partition coefficient (Wildman–Crippen LogP) is 5.85. The maximum absolute atomic E-state index is 13.5. The number of aliphatic hydroxyl groups is 1. The Labute approximate surface area is 219 Å². The number of methoxy groups -OCH3 is 1. The van der Waals surface area contributed by atoms with Crippen molar-refractivity contribution in [2.24, 2.45) is 0 Å². The van der Waals surface area contributed by atoms with Gasteiger partial charge in [-0.3, -0.25) is 14.5 Å². The van der Waals surface area contributed by atoms with Crippen LogP contribution in [0, 0.1) is 6.92 Å². The molecule has 4 rings (SSSR count). The Hall–Kier alpha value is -4.10. The first-order valence-electron chi connectivity index (χ1n) is 11.6. The number of nitrogens with zero attached hydrogens (tertiary/aromatic N) is 1. The summed E-state index contributed by atoms with van der Waals surface area (Å²) in [4.78, 5) is 40.7. The summed E-state index contributed by atoms with van der Waals surface area (Å²) in [5, 5.41) is 11.7. The molecule has 190 valence electrons. The number of carbonyl (C=O) groups is 3. The first-order chi connectivity index (χ1) is 17.6. The van der Waals surface area contributed by atoms with Gasteiger partial charge in [0, 0.05) is 10.7 Å². The second-order valence-corrected chi connectivity index (χ2v) is 9.37. The molecule has 37 heavy (non-hydrogen) atoms. The zero-order valence-electron chi connectivity index (χ0n) is 20.8. The van der Waals surface area contributed by atoms with E-state index in [1.54, 1.807) is 56.3 Å². The molecule has 7 nitrogen and oxygen atoms in total. The predicted molar refractivity (Wildman–Crippen MR) is 141 cm³/mol. The van der Waals surface area contributed by atoms with Gasteiger partial charge in [0.1, 0.15) is 11.5 Å². The molecule has 3 aromatic rings. The SMILES string of the molecule is COc1ccc(Cl)cc1/C(O)=C1\C(=O)C(=O)N(c2cccc(C(=O)OC(C)C)c2)C1c1cccc(C)c1. The standard InChI is InChI=1S/C29H26ClNO6/c1-16(2)37-29(35)19-9-6-10-21(14-19)31-25(18-8-5-7-17(3)13-18)24(27(33)28(31)34)26(32)22-15-20(30)11-12-23(22)36-4/h5-16,25,32H,1-4H3/b26-24+. The van der Waals surface area contributed by atoms with E-state index in [-0.39, 0.29) is 28.6 Å². The molecule has 1 N–H and O–H groups in total. The summed E-state index contributed by atoms with van der Waals surface area (Å²) in [6, 6.07) is 17.3.